The Morgan fingerprint density at radius 2 is 1.64 bits per heavy atom. The third-order valence-electron chi connectivity index (χ3n) is 2.38. The lowest BCUT2D eigenvalue weighted by Gasteiger charge is -2.02. The van der Waals surface area contributed by atoms with Crippen LogP contribution in [0.3, 0.4) is 0 Å². The van der Waals surface area contributed by atoms with Crippen LogP contribution in [0.4, 0.5) is 0 Å². The van der Waals surface area contributed by atoms with Gasteiger partial charge in [0.1, 0.15) is 0 Å². The van der Waals surface area contributed by atoms with E-state index in [1.54, 1.807) is 0 Å². The first-order valence-corrected chi connectivity index (χ1v) is 5.24. The molecule has 0 bridgehead atoms. The minimum atomic E-state index is 1.03. The first kappa shape index (κ1) is 11.0. The van der Waals surface area contributed by atoms with Gasteiger partial charge in [0, 0.05) is 0 Å². The second-order valence-electron chi connectivity index (χ2n) is 3.90. The maximum Gasteiger partial charge on any atom is -0.0414 e. The molecule has 1 saturated carbocycles. The van der Waals surface area contributed by atoms with E-state index in [0.717, 1.165) is 11.8 Å². The van der Waals surface area contributed by atoms with Crippen LogP contribution >= 0.6 is 0 Å². The van der Waals surface area contributed by atoms with Crippen molar-refractivity contribution >= 4 is 0 Å². The van der Waals surface area contributed by atoms with E-state index in [4.69, 9.17) is 0 Å². The Labute approximate surface area is 72.4 Å². The van der Waals surface area contributed by atoms with E-state index in [1.165, 1.54) is 32.1 Å². The lowest BCUT2D eigenvalue weighted by Crippen LogP contribution is -1.89. The molecule has 1 aliphatic rings. The molecule has 1 rings (SSSR count). The third kappa shape index (κ3) is 5.29. The molecular weight excluding hydrogens is 132 g/mol. The molecule has 0 N–H and O–H groups in total. The van der Waals surface area contributed by atoms with Gasteiger partial charge >= 0.3 is 0 Å². The predicted molar refractivity (Wildman–Crippen MR) is 52.8 cm³/mol. The minimum absolute atomic E-state index is 1.03. The van der Waals surface area contributed by atoms with Gasteiger partial charge in [-0.1, -0.05) is 53.4 Å². The fourth-order valence-corrected chi connectivity index (χ4v) is 1.70. The summed E-state index contributed by atoms with van der Waals surface area (Å²) in [5, 5.41) is 0. The zero-order valence-electron chi connectivity index (χ0n) is 8.69. The van der Waals surface area contributed by atoms with E-state index in [9.17, 15) is 0 Å². The molecule has 0 aromatic carbocycles. The Morgan fingerprint density at radius 3 is 1.82 bits per heavy atom. The molecule has 0 saturated heterocycles. The average Bonchev–Trinajstić information content (AvgIpc) is 2.37. The molecule has 0 aromatic rings. The first-order valence-electron chi connectivity index (χ1n) is 5.24. The molecule has 1 fully saturated rings. The van der Waals surface area contributed by atoms with Crippen LogP contribution in [0.15, 0.2) is 0 Å². The SMILES string of the molecule is CCC.CCC1CCC(C)C1. The lowest BCUT2D eigenvalue weighted by molar-refractivity contribution is 0.501. The fraction of sp³-hybridized carbons (Fsp3) is 1.00. The van der Waals surface area contributed by atoms with E-state index in [-0.39, 0.29) is 0 Å². The molecule has 0 spiro atoms. The zero-order valence-corrected chi connectivity index (χ0v) is 8.69. The second-order valence-corrected chi connectivity index (χ2v) is 3.90. The van der Waals surface area contributed by atoms with Crippen molar-refractivity contribution in [2.75, 3.05) is 0 Å². The summed E-state index contributed by atoms with van der Waals surface area (Å²) in [5.41, 5.74) is 0. The summed E-state index contributed by atoms with van der Waals surface area (Å²) in [5.74, 6) is 2.10. The van der Waals surface area contributed by atoms with Crippen molar-refractivity contribution in [3.05, 3.63) is 0 Å². The predicted octanol–water partition coefficient (Wildman–Crippen LogP) is 4.25. The van der Waals surface area contributed by atoms with Crippen LogP contribution in [0.1, 0.15) is 59.8 Å². The van der Waals surface area contributed by atoms with E-state index in [0.29, 0.717) is 0 Å². The van der Waals surface area contributed by atoms with Gasteiger partial charge in [0.05, 0.1) is 0 Å². The van der Waals surface area contributed by atoms with Crippen molar-refractivity contribution in [1.29, 1.82) is 0 Å². The van der Waals surface area contributed by atoms with Crippen molar-refractivity contribution in [3.63, 3.8) is 0 Å². The van der Waals surface area contributed by atoms with Crippen LogP contribution in [-0.2, 0) is 0 Å². The van der Waals surface area contributed by atoms with Crippen LogP contribution in [-0.4, -0.2) is 0 Å². The Kier molecular flexibility index (Phi) is 6.69. The normalized spacial score (nSPS) is 29.5. The van der Waals surface area contributed by atoms with E-state index < -0.39 is 0 Å². The highest BCUT2D eigenvalue weighted by Gasteiger charge is 2.18. The van der Waals surface area contributed by atoms with Crippen LogP contribution in [0.25, 0.3) is 0 Å². The maximum absolute atomic E-state index is 2.37. The standard InChI is InChI=1S/C8H16.C3H8/c1-3-8-5-4-7(2)6-8;1-3-2/h7-8H,3-6H2,1-2H3;3H2,1-2H3. The van der Waals surface area contributed by atoms with Crippen LogP contribution in [0, 0.1) is 11.8 Å². The van der Waals surface area contributed by atoms with Crippen molar-refractivity contribution < 1.29 is 0 Å². The summed E-state index contributed by atoms with van der Waals surface area (Å²) >= 11 is 0. The number of rotatable bonds is 1. The van der Waals surface area contributed by atoms with Crippen LogP contribution in [0.2, 0.25) is 0 Å². The van der Waals surface area contributed by atoms with E-state index in [2.05, 4.69) is 27.7 Å². The van der Waals surface area contributed by atoms with E-state index in [1.807, 2.05) is 0 Å². The Balaban J connectivity index is 0.000000292. The van der Waals surface area contributed by atoms with Gasteiger partial charge < -0.3 is 0 Å². The molecule has 2 atom stereocenters. The third-order valence-corrected chi connectivity index (χ3v) is 2.38. The molecule has 2 unspecified atom stereocenters. The summed E-state index contributed by atoms with van der Waals surface area (Å²) in [4.78, 5) is 0. The smallest absolute Gasteiger partial charge is 0.0414 e. The first-order chi connectivity index (χ1) is 5.24. The van der Waals surface area contributed by atoms with Gasteiger partial charge in [-0.05, 0) is 18.3 Å². The van der Waals surface area contributed by atoms with Crippen molar-refractivity contribution in [2.24, 2.45) is 11.8 Å². The van der Waals surface area contributed by atoms with E-state index >= 15 is 0 Å². The quantitative estimate of drug-likeness (QED) is 0.532. The van der Waals surface area contributed by atoms with Gasteiger partial charge in [-0.3, -0.25) is 0 Å². The maximum atomic E-state index is 2.37. The molecule has 0 heteroatoms. The second kappa shape index (κ2) is 6.69. The lowest BCUT2D eigenvalue weighted by atomic mass is 10.0. The summed E-state index contributed by atoms with van der Waals surface area (Å²) in [7, 11) is 0. The highest BCUT2D eigenvalue weighted by molar-refractivity contribution is 4.70. The number of hydrogen-bond acceptors (Lipinski definition) is 0. The summed E-state index contributed by atoms with van der Waals surface area (Å²) in [6.45, 7) is 8.93. The van der Waals surface area contributed by atoms with Gasteiger partial charge in [-0.2, -0.15) is 0 Å². The van der Waals surface area contributed by atoms with Crippen molar-refractivity contribution in [2.45, 2.75) is 59.8 Å². The number of hydrogen-bond donors (Lipinski definition) is 0. The van der Waals surface area contributed by atoms with Gasteiger partial charge in [0.15, 0.2) is 0 Å². The van der Waals surface area contributed by atoms with Crippen molar-refractivity contribution in [3.8, 4) is 0 Å². The van der Waals surface area contributed by atoms with Crippen LogP contribution < -0.4 is 0 Å². The Bertz CT molecular complexity index is 76.1. The highest BCUT2D eigenvalue weighted by Crippen LogP contribution is 2.31. The summed E-state index contributed by atoms with van der Waals surface area (Å²) in [6.07, 6.45) is 7.14. The molecule has 1 aliphatic carbocycles. The topological polar surface area (TPSA) is 0 Å². The molecular formula is C11H24. The van der Waals surface area contributed by atoms with Crippen molar-refractivity contribution in [1.82, 2.24) is 0 Å². The van der Waals surface area contributed by atoms with Gasteiger partial charge in [-0.15, -0.1) is 0 Å². The molecule has 68 valence electrons. The summed E-state index contributed by atoms with van der Waals surface area (Å²) < 4.78 is 0. The molecule has 0 aromatic heterocycles. The average molecular weight is 156 g/mol. The largest absolute Gasteiger partial charge is 0.0656 e. The van der Waals surface area contributed by atoms with Gasteiger partial charge in [0.2, 0.25) is 0 Å². The highest BCUT2D eigenvalue weighted by atomic mass is 14.2. The van der Waals surface area contributed by atoms with Crippen LogP contribution in [0.5, 0.6) is 0 Å². The monoisotopic (exact) mass is 156 g/mol. The Morgan fingerprint density at radius 1 is 1.09 bits per heavy atom. The molecule has 0 nitrogen and oxygen atoms in total. The molecule has 0 radical (unpaired) electrons. The minimum Gasteiger partial charge on any atom is -0.0656 e. The molecule has 0 heterocycles. The fourth-order valence-electron chi connectivity index (χ4n) is 1.70. The zero-order chi connectivity index (χ0) is 8.69. The molecule has 11 heavy (non-hydrogen) atoms. The molecule has 0 aliphatic heterocycles. The van der Waals surface area contributed by atoms with Gasteiger partial charge in [0.25, 0.3) is 0 Å². The Hall–Kier alpha value is 0. The summed E-state index contributed by atoms with van der Waals surface area (Å²) in [6, 6.07) is 0. The van der Waals surface area contributed by atoms with Gasteiger partial charge in [-0.25, -0.2) is 0 Å². The molecule has 0 amide bonds.